The number of nitrogens with two attached hydrogens (primary N) is 1. The van der Waals surface area contributed by atoms with Gasteiger partial charge in [-0.05, 0) is 12.3 Å². The summed E-state index contributed by atoms with van der Waals surface area (Å²) in [5, 5.41) is 18.1. The van der Waals surface area contributed by atoms with Crippen LogP contribution in [0.25, 0.3) is 0 Å². The summed E-state index contributed by atoms with van der Waals surface area (Å²) >= 11 is 0. The molecule has 0 aliphatic carbocycles. The molecule has 1 aromatic heterocycles. The van der Waals surface area contributed by atoms with Crippen molar-refractivity contribution in [2.45, 2.75) is 40.0 Å². The summed E-state index contributed by atoms with van der Waals surface area (Å²) in [6, 6.07) is 0.0324. The van der Waals surface area contributed by atoms with E-state index in [0.717, 1.165) is 0 Å². The first-order chi connectivity index (χ1) is 12.4. The van der Waals surface area contributed by atoms with Crippen LogP contribution in [0.4, 0.5) is 26.1 Å². The number of hydrogen-bond donors (Lipinski definition) is 5. The fourth-order valence-corrected chi connectivity index (χ4v) is 2.38. The van der Waals surface area contributed by atoms with E-state index in [0.29, 0.717) is 6.61 Å². The highest BCUT2D eigenvalue weighted by Gasteiger charge is 2.40. The number of alkyl halides is 2. The summed E-state index contributed by atoms with van der Waals surface area (Å²) in [4.78, 5) is 9.88. The Hall–Kier alpha value is -2.60. The van der Waals surface area contributed by atoms with Gasteiger partial charge in [0.1, 0.15) is 5.69 Å². The van der Waals surface area contributed by atoms with Crippen LogP contribution < -0.4 is 26.8 Å². The summed E-state index contributed by atoms with van der Waals surface area (Å²) in [6.07, 6.45) is -0.269. The van der Waals surface area contributed by atoms with Gasteiger partial charge in [-0.2, -0.15) is 9.97 Å². The van der Waals surface area contributed by atoms with Crippen LogP contribution in [-0.4, -0.2) is 59.0 Å². The number of ether oxygens (including phenoxy) is 1. The van der Waals surface area contributed by atoms with Crippen molar-refractivity contribution in [3.8, 4) is 6.01 Å². The quantitative estimate of drug-likeness (QED) is 0.419. The maximum atomic E-state index is 13.6. The van der Waals surface area contributed by atoms with Gasteiger partial charge in [0.25, 0.3) is 5.92 Å². The molecule has 12 heteroatoms. The highest BCUT2D eigenvalue weighted by molar-refractivity contribution is 6.40. The third-order valence-electron chi connectivity index (χ3n) is 3.89. The van der Waals surface area contributed by atoms with Crippen molar-refractivity contribution in [2.75, 3.05) is 42.2 Å². The fourth-order valence-electron chi connectivity index (χ4n) is 2.38. The first kappa shape index (κ1) is 26.4. The Morgan fingerprint density at radius 3 is 2.41 bits per heavy atom. The van der Waals surface area contributed by atoms with E-state index in [1.807, 2.05) is 20.8 Å². The standard InChI is InChI=1S/C17H27F2N7O.H3N.H2O/c1-10(20)11(21)7-23-13-12(22)14(26-6-5-17(18,19)8-26)25-15(24-13)27-9-16(2,3)4;;/h20-21H,5-9,22H2,1-4H3,(H,23,24,25);1H3;1H2. The Kier molecular flexibility index (Phi) is 8.87. The van der Waals surface area contributed by atoms with Gasteiger partial charge in [0, 0.05) is 13.0 Å². The molecule has 0 radical (unpaired) electrons. The molecular weight excluding hydrogens is 386 g/mol. The average Bonchev–Trinajstić information content (AvgIpc) is 2.91. The lowest BCUT2D eigenvalue weighted by Gasteiger charge is -2.23. The molecule has 1 aliphatic heterocycles. The van der Waals surface area contributed by atoms with E-state index < -0.39 is 12.5 Å². The van der Waals surface area contributed by atoms with Crippen molar-refractivity contribution < 1.29 is 19.0 Å². The first-order valence-corrected chi connectivity index (χ1v) is 8.68. The molecule has 2 rings (SSSR count). The van der Waals surface area contributed by atoms with Crippen molar-refractivity contribution in [3.05, 3.63) is 0 Å². The number of hydrogen-bond acceptors (Lipinski definition) is 9. The lowest BCUT2D eigenvalue weighted by Crippen LogP contribution is -2.28. The summed E-state index contributed by atoms with van der Waals surface area (Å²) in [5.74, 6) is -2.41. The van der Waals surface area contributed by atoms with Crippen molar-refractivity contribution in [1.29, 1.82) is 10.8 Å². The molecule has 0 saturated carbocycles. The van der Waals surface area contributed by atoms with E-state index in [4.69, 9.17) is 21.3 Å². The molecule has 10 N–H and O–H groups in total. The largest absolute Gasteiger partial charge is 0.463 e. The monoisotopic (exact) mass is 418 g/mol. The molecule has 0 amide bonds. The molecule has 2 heterocycles. The van der Waals surface area contributed by atoms with Gasteiger partial charge in [0.05, 0.1) is 31.1 Å². The molecule has 0 aromatic carbocycles. The normalized spacial score (nSPS) is 15.2. The molecule has 0 bridgehead atoms. The molecular formula is C17H32F2N8O2. The number of halogens is 2. The molecule has 1 aliphatic rings. The van der Waals surface area contributed by atoms with Gasteiger partial charge in [-0.1, -0.05) is 20.8 Å². The minimum Gasteiger partial charge on any atom is -0.463 e. The predicted molar refractivity (Wildman–Crippen MR) is 111 cm³/mol. The van der Waals surface area contributed by atoms with Crippen molar-refractivity contribution in [1.82, 2.24) is 16.1 Å². The summed E-state index contributed by atoms with van der Waals surface area (Å²) < 4.78 is 32.9. The molecule has 1 saturated heterocycles. The Bertz CT molecular complexity index is 737. The van der Waals surface area contributed by atoms with Crippen LogP contribution in [0.3, 0.4) is 0 Å². The Morgan fingerprint density at radius 2 is 1.93 bits per heavy atom. The number of anilines is 3. The van der Waals surface area contributed by atoms with Gasteiger partial charge in [0.2, 0.25) is 0 Å². The van der Waals surface area contributed by atoms with Crippen molar-refractivity contribution >= 4 is 28.7 Å². The molecule has 29 heavy (non-hydrogen) atoms. The van der Waals surface area contributed by atoms with Gasteiger partial charge in [0.15, 0.2) is 11.6 Å². The average molecular weight is 418 g/mol. The van der Waals surface area contributed by atoms with Gasteiger partial charge >= 0.3 is 6.01 Å². The summed E-state index contributed by atoms with van der Waals surface area (Å²) in [7, 11) is 0. The predicted octanol–water partition coefficient (Wildman–Crippen LogP) is 2.14. The van der Waals surface area contributed by atoms with Crippen LogP contribution in [0.5, 0.6) is 6.01 Å². The SMILES string of the molecule is CC(=N)C(=N)CNc1nc(OCC(C)(C)C)nc(N2CCC(F)(F)C2)c1N.N.O. The lowest BCUT2D eigenvalue weighted by atomic mass is 9.99. The Balaban J connectivity index is 0.00000392. The molecule has 0 spiro atoms. The minimum atomic E-state index is -2.79. The third-order valence-corrected chi connectivity index (χ3v) is 3.89. The van der Waals surface area contributed by atoms with Crippen LogP contribution in [0, 0.1) is 16.2 Å². The number of nitrogens with zero attached hydrogens (tertiary/aromatic N) is 3. The van der Waals surface area contributed by atoms with Crippen molar-refractivity contribution in [2.24, 2.45) is 5.41 Å². The van der Waals surface area contributed by atoms with Gasteiger partial charge in [-0.3, -0.25) is 0 Å². The van der Waals surface area contributed by atoms with Crippen LogP contribution in [-0.2, 0) is 0 Å². The molecule has 166 valence electrons. The zero-order valence-corrected chi connectivity index (χ0v) is 17.3. The number of aromatic nitrogens is 2. The van der Waals surface area contributed by atoms with E-state index in [1.54, 1.807) is 0 Å². The third kappa shape index (κ3) is 7.38. The summed E-state index contributed by atoms with van der Waals surface area (Å²) in [6.45, 7) is 7.48. The smallest absolute Gasteiger partial charge is 0.320 e. The van der Waals surface area contributed by atoms with Crippen LogP contribution >= 0.6 is 0 Å². The lowest BCUT2D eigenvalue weighted by molar-refractivity contribution is 0.0256. The zero-order valence-electron chi connectivity index (χ0n) is 17.3. The zero-order chi connectivity index (χ0) is 20.4. The van der Waals surface area contributed by atoms with E-state index in [9.17, 15) is 8.78 Å². The van der Waals surface area contributed by atoms with Gasteiger partial charge < -0.3 is 43.1 Å². The minimum absolute atomic E-state index is 0. The highest BCUT2D eigenvalue weighted by Crippen LogP contribution is 2.36. The van der Waals surface area contributed by atoms with E-state index in [2.05, 4.69) is 15.3 Å². The maximum absolute atomic E-state index is 13.6. The Morgan fingerprint density at radius 1 is 1.31 bits per heavy atom. The molecule has 0 atom stereocenters. The number of rotatable bonds is 7. The Labute approximate surface area is 169 Å². The van der Waals surface area contributed by atoms with Crippen LogP contribution in [0.2, 0.25) is 0 Å². The van der Waals surface area contributed by atoms with E-state index in [-0.39, 0.29) is 71.3 Å². The number of nitrogen functional groups attached to an aromatic ring is 1. The molecule has 0 unspecified atom stereocenters. The second-order valence-corrected chi connectivity index (χ2v) is 7.93. The molecule has 1 fully saturated rings. The highest BCUT2D eigenvalue weighted by atomic mass is 19.3. The number of nitrogens with one attached hydrogen (secondary N) is 3. The first-order valence-electron chi connectivity index (χ1n) is 8.68. The van der Waals surface area contributed by atoms with Crippen molar-refractivity contribution in [3.63, 3.8) is 0 Å². The molecule has 1 aromatic rings. The fraction of sp³-hybridized carbons (Fsp3) is 0.647. The molecule has 10 nitrogen and oxygen atoms in total. The van der Waals surface area contributed by atoms with Crippen LogP contribution in [0.1, 0.15) is 34.1 Å². The van der Waals surface area contributed by atoms with Crippen LogP contribution in [0.15, 0.2) is 0 Å². The maximum Gasteiger partial charge on any atom is 0.320 e. The van der Waals surface area contributed by atoms with E-state index in [1.165, 1.54) is 11.8 Å². The summed E-state index contributed by atoms with van der Waals surface area (Å²) in [5.41, 5.74) is 6.27. The van der Waals surface area contributed by atoms with Gasteiger partial charge in [-0.25, -0.2) is 8.78 Å². The topological polar surface area (TPSA) is 190 Å². The van der Waals surface area contributed by atoms with E-state index >= 15 is 0 Å². The second-order valence-electron chi connectivity index (χ2n) is 7.93. The van der Waals surface area contributed by atoms with Gasteiger partial charge in [-0.15, -0.1) is 0 Å². The second kappa shape index (κ2) is 9.74.